The number of aromatic nitrogens is 2. The third-order valence-corrected chi connectivity index (χ3v) is 2.83. The highest BCUT2D eigenvalue weighted by Gasteiger charge is 2.13. The minimum atomic E-state index is -0.290. The molecule has 0 saturated carbocycles. The van der Waals surface area contributed by atoms with E-state index in [9.17, 15) is 0 Å². The molecule has 76 valence electrons. The molecule has 0 aliphatic heterocycles. The van der Waals surface area contributed by atoms with Gasteiger partial charge in [-0.3, -0.25) is 0 Å². The summed E-state index contributed by atoms with van der Waals surface area (Å²) in [6, 6.07) is 9.30. The average molecular weight is 264 g/mol. The number of nitrogens with two attached hydrogens (primary N) is 1. The predicted octanol–water partition coefficient (Wildman–Crippen LogP) is 2.29. The fourth-order valence-electron chi connectivity index (χ4n) is 1.34. The predicted molar refractivity (Wildman–Crippen MR) is 62.2 cm³/mol. The zero-order chi connectivity index (χ0) is 10.7. The number of benzene rings is 1. The van der Waals surface area contributed by atoms with E-state index in [-0.39, 0.29) is 6.04 Å². The number of rotatable bonds is 2. The Morgan fingerprint density at radius 2 is 1.73 bits per heavy atom. The Kier molecular flexibility index (Phi) is 3.08. The second-order valence-corrected chi connectivity index (χ2v) is 3.96. The summed E-state index contributed by atoms with van der Waals surface area (Å²) in [7, 11) is 0. The van der Waals surface area contributed by atoms with Crippen molar-refractivity contribution >= 4 is 15.9 Å². The van der Waals surface area contributed by atoms with E-state index in [1.807, 2.05) is 24.3 Å². The van der Waals surface area contributed by atoms with Gasteiger partial charge in [0.25, 0.3) is 0 Å². The molecule has 1 aromatic heterocycles. The molecular formula is C11H10BrN3. The van der Waals surface area contributed by atoms with Gasteiger partial charge in [0.05, 0.1) is 6.04 Å². The fraction of sp³-hybridized carbons (Fsp3) is 0.0909. The first-order chi connectivity index (χ1) is 7.29. The van der Waals surface area contributed by atoms with Crippen LogP contribution < -0.4 is 5.73 Å². The molecule has 2 N–H and O–H groups in total. The van der Waals surface area contributed by atoms with Crippen molar-refractivity contribution in [2.24, 2.45) is 5.73 Å². The van der Waals surface area contributed by atoms with Crippen molar-refractivity contribution in [2.45, 2.75) is 6.04 Å². The van der Waals surface area contributed by atoms with Crippen molar-refractivity contribution in [3.05, 3.63) is 58.6 Å². The van der Waals surface area contributed by atoms with Crippen molar-refractivity contribution < 1.29 is 0 Å². The Morgan fingerprint density at radius 3 is 2.40 bits per heavy atom. The Bertz CT molecular complexity index is 445. The minimum Gasteiger partial charge on any atom is -0.318 e. The van der Waals surface area contributed by atoms with E-state index in [2.05, 4.69) is 25.9 Å². The zero-order valence-electron chi connectivity index (χ0n) is 7.97. The Hall–Kier alpha value is -1.26. The highest BCUT2D eigenvalue weighted by Crippen LogP contribution is 2.24. The summed E-state index contributed by atoms with van der Waals surface area (Å²) < 4.78 is 0.977. The first kappa shape index (κ1) is 10.3. The van der Waals surface area contributed by atoms with E-state index < -0.39 is 0 Å². The fourth-order valence-corrected chi connectivity index (χ4v) is 1.87. The molecule has 1 unspecified atom stereocenters. The number of halogens is 1. The van der Waals surface area contributed by atoms with Crippen molar-refractivity contribution in [2.75, 3.05) is 0 Å². The van der Waals surface area contributed by atoms with Gasteiger partial charge >= 0.3 is 0 Å². The molecule has 0 aliphatic rings. The molecule has 0 amide bonds. The van der Waals surface area contributed by atoms with Crippen LogP contribution in [0.3, 0.4) is 0 Å². The summed E-state index contributed by atoms with van der Waals surface area (Å²) in [4.78, 5) is 8.28. The van der Waals surface area contributed by atoms with Crippen LogP contribution in [-0.4, -0.2) is 9.97 Å². The van der Waals surface area contributed by atoms with Gasteiger partial charge in [0, 0.05) is 16.9 Å². The van der Waals surface area contributed by atoms with Crippen LogP contribution in [0.4, 0.5) is 0 Å². The summed E-state index contributed by atoms with van der Waals surface area (Å²) in [5.41, 5.74) is 7.05. The molecule has 15 heavy (non-hydrogen) atoms. The average Bonchev–Trinajstić information content (AvgIpc) is 2.30. The smallest absolute Gasteiger partial charge is 0.149 e. The lowest BCUT2D eigenvalue weighted by atomic mass is 10.1. The molecule has 2 aromatic rings. The summed E-state index contributed by atoms with van der Waals surface area (Å²) in [5.74, 6) is 0.629. The lowest BCUT2D eigenvalue weighted by Gasteiger charge is -2.11. The standard InChI is InChI=1S/C11H10BrN3/c12-9-5-2-1-4-8(9)10(13)11-14-6-3-7-15-11/h1-7,10H,13H2. The molecule has 0 spiro atoms. The quantitative estimate of drug-likeness (QED) is 0.905. The lowest BCUT2D eigenvalue weighted by Crippen LogP contribution is -2.15. The molecule has 0 radical (unpaired) electrons. The number of hydrogen-bond donors (Lipinski definition) is 1. The van der Waals surface area contributed by atoms with Gasteiger partial charge in [0.15, 0.2) is 0 Å². The molecule has 0 aliphatic carbocycles. The van der Waals surface area contributed by atoms with Crippen molar-refractivity contribution in [1.82, 2.24) is 9.97 Å². The number of hydrogen-bond acceptors (Lipinski definition) is 3. The van der Waals surface area contributed by atoms with Gasteiger partial charge in [0.2, 0.25) is 0 Å². The highest BCUT2D eigenvalue weighted by molar-refractivity contribution is 9.10. The van der Waals surface area contributed by atoms with Gasteiger partial charge in [-0.15, -0.1) is 0 Å². The highest BCUT2D eigenvalue weighted by atomic mass is 79.9. The normalized spacial score (nSPS) is 12.4. The minimum absolute atomic E-state index is 0.290. The SMILES string of the molecule is NC(c1ncccn1)c1ccccc1Br. The van der Waals surface area contributed by atoms with E-state index in [1.165, 1.54) is 0 Å². The molecular weight excluding hydrogens is 254 g/mol. The van der Waals surface area contributed by atoms with Crippen LogP contribution in [0.2, 0.25) is 0 Å². The molecule has 1 aromatic carbocycles. The van der Waals surface area contributed by atoms with E-state index in [0.29, 0.717) is 5.82 Å². The van der Waals surface area contributed by atoms with E-state index in [1.54, 1.807) is 18.5 Å². The molecule has 0 bridgehead atoms. The van der Waals surface area contributed by atoms with Gasteiger partial charge in [-0.2, -0.15) is 0 Å². The first-order valence-electron chi connectivity index (χ1n) is 4.56. The van der Waals surface area contributed by atoms with E-state index in [4.69, 9.17) is 5.73 Å². The van der Waals surface area contributed by atoms with Gasteiger partial charge in [0.1, 0.15) is 5.82 Å². The Morgan fingerprint density at radius 1 is 1.07 bits per heavy atom. The van der Waals surface area contributed by atoms with Crippen LogP contribution in [0.5, 0.6) is 0 Å². The second kappa shape index (κ2) is 4.51. The molecule has 1 heterocycles. The summed E-state index contributed by atoms with van der Waals surface area (Å²) in [6.45, 7) is 0. The van der Waals surface area contributed by atoms with Gasteiger partial charge < -0.3 is 5.73 Å². The van der Waals surface area contributed by atoms with Gasteiger partial charge in [-0.05, 0) is 17.7 Å². The molecule has 2 rings (SSSR count). The Balaban J connectivity index is 2.37. The van der Waals surface area contributed by atoms with Crippen molar-refractivity contribution in [3.8, 4) is 0 Å². The third kappa shape index (κ3) is 2.22. The summed E-state index contributed by atoms with van der Waals surface area (Å²) in [5, 5.41) is 0. The van der Waals surface area contributed by atoms with Crippen LogP contribution in [0, 0.1) is 0 Å². The maximum Gasteiger partial charge on any atom is 0.149 e. The molecule has 1 atom stereocenters. The second-order valence-electron chi connectivity index (χ2n) is 3.11. The van der Waals surface area contributed by atoms with Crippen molar-refractivity contribution in [3.63, 3.8) is 0 Å². The van der Waals surface area contributed by atoms with Gasteiger partial charge in [-0.25, -0.2) is 9.97 Å². The maximum atomic E-state index is 6.06. The van der Waals surface area contributed by atoms with Crippen LogP contribution in [-0.2, 0) is 0 Å². The summed E-state index contributed by atoms with van der Waals surface area (Å²) >= 11 is 3.46. The third-order valence-electron chi connectivity index (χ3n) is 2.10. The lowest BCUT2D eigenvalue weighted by molar-refractivity contribution is 0.777. The Labute approximate surface area is 96.5 Å². The monoisotopic (exact) mass is 263 g/mol. The first-order valence-corrected chi connectivity index (χ1v) is 5.35. The van der Waals surface area contributed by atoms with Crippen LogP contribution in [0.25, 0.3) is 0 Å². The maximum absolute atomic E-state index is 6.06. The zero-order valence-corrected chi connectivity index (χ0v) is 9.55. The number of nitrogens with zero attached hydrogens (tertiary/aromatic N) is 2. The van der Waals surface area contributed by atoms with Crippen LogP contribution in [0.1, 0.15) is 17.4 Å². The molecule has 0 fully saturated rings. The van der Waals surface area contributed by atoms with Crippen molar-refractivity contribution in [1.29, 1.82) is 0 Å². The largest absolute Gasteiger partial charge is 0.318 e. The van der Waals surface area contributed by atoms with Crippen LogP contribution in [0.15, 0.2) is 47.2 Å². The molecule has 0 saturated heterocycles. The summed E-state index contributed by atoms with van der Waals surface area (Å²) in [6.07, 6.45) is 3.39. The van der Waals surface area contributed by atoms with Gasteiger partial charge in [-0.1, -0.05) is 34.1 Å². The molecule has 4 heteroatoms. The topological polar surface area (TPSA) is 51.8 Å². The van der Waals surface area contributed by atoms with E-state index >= 15 is 0 Å². The molecule has 3 nitrogen and oxygen atoms in total. The van der Waals surface area contributed by atoms with E-state index in [0.717, 1.165) is 10.0 Å². The van der Waals surface area contributed by atoms with Crippen LogP contribution >= 0.6 is 15.9 Å².